The van der Waals surface area contributed by atoms with Gasteiger partial charge in [-0.15, -0.1) is 0 Å². The zero-order chi connectivity index (χ0) is 28.1. The molecule has 1 aliphatic heterocycles. The molecule has 0 aromatic heterocycles. The van der Waals surface area contributed by atoms with Gasteiger partial charge in [0.25, 0.3) is 5.91 Å². The number of hydrogen-bond acceptors (Lipinski definition) is 6. The van der Waals surface area contributed by atoms with Gasteiger partial charge in [-0.25, -0.2) is 0 Å². The lowest BCUT2D eigenvalue weighted by Crippen LogP contribution is -2.35. The van der Waals surface area contributed by atoms with E-state index >= 15 is 0 Å². The fourth-order valence-corrected chi connectivity index (χ4v) is 5.12. The summed E-state index contributed by atoms with van der Waals surface area (Å²) in [5, 5.41) is 1.28. The highest BCUT2D eigenvalue weighted by Gasteiger charge is 2.40. The standard InChI is InChI=1S/C28H23BrCl2N2O5S/c1-3-37-24-14-18(12-22(29)26(24)38-16-17-5-4-6-20(31)11-17)13-23-27(35)33(21-9-7-19(30)8-10-21)28(39)32(23)15-25(34)36-2/h4-14H,3,15-16H2,1-2H3/b23-13-. The molecule has 1 heterocycles. The van der Waals surface area contributed by atoms with E-state index in [2.05, 4.69) is 15.9 Å². The fraction of sp³-hybridized carbons (Fsp3) is 0.179. The molecule has 202 valence electrons. The molecule has 0 spiro atoms. The van der Waals surface area contributed by atoms with Crippen LogP contribution in [0.4, 0.5) is 5.69 Å². The van der Waals surface area contributed by atoms with Gasteiger partial charge >= 0.3 is 5.97 Å². The minimum atomic E-state index is -0.546. The molecule has 0 atom stereocenters. The molecule has 1 fully saturated rings. The van der Waals surface area contributed by atoms with E-state index in [0.717, 1.165) is 5.56 Å². The van der Waals surface area contributed by atoms with Gasteiger partial charge in [-0.2, -0.15) is 0 Å². The van der Waals surface area contributed by atoms with E-state index in [0.29, 0.717) is 43.9 Å². The molecule has 1 amide bonds. The number of esters is 1. The van der Waals surface area contributed by atoms with E-state index in [9.17, 15) is 9.59 Å². The van der Waals surface area contributed by atoms with Crippen molar-refractivity contribution in [2.45, 2.75) is 13.5 Å². The molecule has 0 radical (unpaired) electrons. The smallest absolute Gasteiger partial charge is 0.325 e. The van der Waals surface area contributed by atoms with Crippen molar-refractivity contribution in [1.29, 1.82) is 0 Å². The average Bonchev–Trinajstić information content (AvgIpc) is 3.12. The summed E-state index contributed by atoms with van der Waals surface area (Å²) in [7, 11) is 1.28. The number of nitrogens with zero attached hydrogens (tertiary/aromatic N) is 2. The maximum Gasteiger partial charge on any atom is 0.325 e. The maximum absolute atomic E-state index is 13.6. The molecular weight excluding hydrogens is 627 g/mol. The van der Waals surface area contributed by atoms with Gasteiger partial charge < -0.3 is 19.1 Å². The number of ether oxygens (including phenoxy) is 3. The van der Waals surface area contributed by atoms with Gasteiger partial charge in [-0.3, -0.25) is 14.5 Å². The number of methoxy groups -OCH3 is 1. The first-order chi connectivity index (χ1) is 18.7. The molecule has 0 saturated carbocycles. The summed E-state index contributed by atoms with van der Waals surface area (Å²) >= 11 is 21.3. The number of benzene rings is 3. The lowest BCUT2D eigenvalue weighted by molar-refractivity contribution is -0.140. The Hall–Kier alpha value is -3.11. The number of rotatable bonds is 9. The van der Waals surface area contributed by atoms with Gasteiger partial charge in [-0.05, 0) is 101 Å². The third-order valence-electron chi connectivity index (χ3n) is 5.64. The number of carbonyl (C=O) groups is 2. The van der Waals surface area contributed by atoms with Crippen molar-refractivity contribution >= 4 is 80.1 Å². The van der Waals surface area contributed by atoms with Crippen LogP contribution in [0, 0.1) is 0 Å². The molecule has 11 heteroatoms. The molecule has 39 heavy (non-hydrogen) atoms. The third-order valence-corrected chi connectivity index (χ3v) is 7.12. The second kappa shape index (κ2) is 12.8. The summed E-state index contributed by atoms with van der Waals surface area (Å²) < 4.78 is 17.4. The molecule has 3 aromatic carbocycles. The number of anilines is 1. The Balaban J connectivity index is 1.71. The first-order valence-electron chi connectivity index (χ1n) is 11.8. The van der Waals surface area contributed by atoms with E-state index in [-0.39, 0.29) is 24.0 Å². The van der Waals surface area contributed by atoms with Crippen LogP contribution in [0.3, 0.4) is 0 Å². The number of thiocarbonyl (C=S) groups is 1. The van der Waals surface area contributed by atoms with Gasteiger partial charge in [0.2, 0.25) is 0 Å². The van der Waals surface area contributed by atoms with Crippen LogP contribution in [0.2, 0.25) is 10.0 Å². The number of halogens is 3. The molecule has 1 aliphatic rings. The van der Waals surface area contributed by atoms with Gasteiger partial charge in [0.05, 0.1) is 23.9 Å². The molecule has 0 N–H and O–H groups in total. The molecular formula is C28H23BrCl2N2O5S. The maximum atomic E-state index is 13.6. The molecule has 7 nitrogen and oxygen atoms in total. The van der Waals surface area contributed by atoms with Gasteiger partial charge in [0.1, 0.15) is 18.8 Å². The predicted molar refractivity (Wildman–Crippen MR) is 159 cm³/mol. The summed E-state index contributed by atoms with van der Waals surface area (Å²) in [6, 6.07) is 17.6. The van der Waals surface area contributed by atoms with Crippen LogP contribution in [0.15, 0.2) is 70.8 Å². The summed E-state index contributed by atoms with van der Waals surface area (Å²) in [4.78, 5) is 28.6. The average molecular weight is 650 g/mol. The predicted octanol–water partition coefficient (Wildman–Crippen LogP) is 6.88. The van der Waals surface area contributed by atoms with Crippen LogP contribution in [0.25, 0.3) is 6.08 Å². The molecule has 1 saturated heterocycles. The van der Waals surface area contributed by atoms with Crippen molar-refractivity contribution in [2.24, 2.45) is 0 Å². The van der Waals surface area contributed by atoms with Gasteiger partial charge in [0, 0.05) is 10.0 Å². The normalized spacial score (nSPS) is 14.2. The Morgan fingerprint density at radius 3 is 2.46 bits per heavy atom. The highest BCUT2D eigenvalue weighted by molar-refractivity contribution is 9.10. The lowest BCUT2D eigenvalue weighted by Gasteiger charge is -2.19. The van der Waals surface area contributed by atoms with E-state index in [1.54, 1.807) is 48.5 Å². The molecule has 0 unspecified atom stereocenters. The van der Waals surface area contributed by atoms with Gasteiger partial charge in [0.15, 0.2) is 16.6 Å². The Bertz CT molecular complexity index is 1450. The highest BCUT2D eigenvalue weighted by atomic mass is 79.9. The first-order valence-corrected chi connectivity index (χ1v) is 13.7. The Morgan fingerprint density at radius 2 is 1.79 bits per heavy atom. The van der Waals surface area contributed by atoms with Crippen molar-refractivity contribution in [1.82, 2.24) is 4.90 Å². The third kappa shape index (κ3) is 6.73. The van der Waals surface area contributed by atoms with Crippen molar-refractivity contribution in [3.05, 3.63) is 92.0 Å². The largest absolute Gasteiger partial charge is 0.490 e. The van der Waals surface area contributed by atoms with Crippen molar-refractivity contribution in [3.63, 3.8) is 0 Å². The lowest BCUT2D eigenvalue weighted by atomic mass is 10.1. The van der Waals surface area contributed by atoms with Crippen molar-refractivity contribution in [3.8, 4) is 11.5 Å². The monoisotopic (exact) mass is 648 g/mol. The molecule has 4 rings (SSSR count). The zero-order valence-electron chi connectivity index (χ0n) is 20.9. The quantitative estimate of drug-likeness (QED) is 0.142. The molecule has 0 bridgehead atoms. The summed E-state index contributed by atoms with van der Waals surface area (Å²) in [5.41, 5.74) is 2.24. The Morgan fingerprint density at radius 1 is 1.05 bits per heavy atom. The van der Waals surface area contributed by atoms with Crippen LogP contribution in [0.5, 0.6) is 11.5 Å². The zero-order valence-corrected chi connectivity index (χ0v) is 24.9. The highest BCUT2D eigenvalue weighted by Crippen LogP contribution is 2.39. The van der Waals surface area contributed by atoms with Crippen LogP contribution in [-0.2, 0) is 20.9 Å². The first kappa shape index (κ1) is 28.9. The van der Waals surface area contributed by atoms with Crippen molar-refractivity contribution < 1.29 is 23.8 Å². The number of carbonyl (C=O) groups excluding carboxylic acids is 2. The topological polar surface area (TPSA) is 68.3 Å². The summed E-state index contributed by atoms with van der Waals surface area (Å²) in [6.07, 6.45) is 1.64. The molecule has 3 aromatic rings. The van der Waals surface area contributed by atoms with Crippen LogP contribution < -0.4 is 14.4 Å². The van der Waals surface area contributed by atoms with E-state index in [4.69, 9.17) is 49.6 Å². The van der Waals surface area contributed by atoms with E-state index < -0.39 is 11.9 Å². The summed E-state index contributed by atoms with van der Waals surface area (Å²) in [6.45, 7) is 2.29. The van der Waals surface area contributed by atoms with E-state index in [1.165, 1.54) is 16.9 Å². The van der Waals surface area contributed by atoms with Gasteiger partial charge in [-0.1, -0.05) is 35.3 Å². The minimum Gasteiger partial charge on any atom is -0.490 e. The van der Waals surface area contributed by atoms with Crippen LogP contribution >= 0.6 is 51.3 Å². The molecule has 0 aliphatic carbocycles. The fourth-order valence-electron chi connectivity index (χ4n) is 3.86. The minimum absolute atomic E-state index is 0.143. The summed E-state index contributed by atoms with van der Waals surface area (Å²) in [5.74, 6) is 0.0286. The second-order valence-corrected chi connectivity index (χ2v) is 10.4. The second-order valence-electron chi connectivity index (χ2n) is 8.27. The van der Waals surface area contributed by atoms with Crippen LogP contribution in [0.1, 0.15) is 18.1 Å². The van der Waals surface area contributed by atoms with E-state index in [1.807, 2.05) is 25.1 Å². The van der Waals surface area contributed by atoms with Crippen molar-refractivity contribution in [2.75, 3.05) is 25.2 Å². The Labute approximate surface area is 250 Å². The number of hydrogen-bond donors (Lipinski definition) is 0. The number of amides is 1. The SMILES string of the molecule is CCOc1cc(/C=C2/C(=O)N(c3ccc(Cl)cc3)C(=S)N2CC(=O)OC)cc(Br)c1OCc1cccc(Cl)c1. The van der Waals surface area contributed by atoms with Crippen LogP contribution in [-0.4, -0.2) is 42.2 Å². The Kier molecular flexibility index (Phi) is 9.50.